The number of ether oxygens (including phenoxy) is 1. The molecular weight excluding hydrogens is 332 g/mol. The summed E-state index contributed by atoms with van der Waals surface area (Å²) in [7, 11) is 0. The van der Waals surface area contributed by atoms with Crippen molar-refractivity contribution in [2.45, 2.75) is 40.7 Å². The lowest BCUT2D eigenvalue weighted by Crippen LogP contribution is -2.44. The molecule has 0 saturated carbocycles. The van der Waals surface area contributed by atoms with Gasteiger partial charge in [-0.25, -0.2) is 4.79 Å². The van der Waals surface area contributed by atoms with Crippen molar-refractivity contribution in [1.82, 2.24) is 5.32 Å². The monoisotopic (exact) mass is 356 g/mol. The average molecular weight is 357 g/mol. The normalized spacial score (nSPS) is 11.0. The molecule has 0 aliphatic carbocycles. The van der Waals surface area contributed by atoms with Gasteiger partial charge in [-0.3, -0.25) is 0 Å². The molecule has 0 radical (unpaired) electrons. The number of anilines is 1. The first-order valence-electron chi connectivity index (χ1n) is 7.80. The van der Waals surface area contributed by atoms with Crippen LogP contribution < -0.4 is 10.6 Å². The third-order valence-corrected chi connectivity index (χ3v) is 3.99. The number of halogens is 1. The zero-order valence-corrected chi connectivity index (χ0v) is 15.8. The van der Waals surface area contributed by atoms with Gasteiger partial charge in [0.2, 0.25) is 0 Å². The Balaban J connectivity index is 2.76. The molecule has 0 amide bonds. The second kappa shape index (κ2) is 9.08. The highest BCUT2D eigenvalue weighted by Gasteiger charge is 2.18. The standard InChI is InChI=1S/C17H25ClN2O2S/c1-6-22-16(21)13-8-7-12(9-14(13)18)19-17(23)20-15(10(2)3)11(4)5/h7-11,15H,6H2,1-5H3,(H2,19,20,23). The maximum Gasteiger partial charge on any atom is 0.339 e. The molecule has 0 atom stereocenters. The summed E-state index contributed by atoms with van der Waals surface area (Å²) in [6.07, 6.45) is 0. The van der Waals surface area contributed by atoms with Gasteiger partial charge in [0.25, 0.3) is 0 Å². The fraction of sp³-hybridized carbons (Fsp3) is 0.529. The Hall–Kier alpha value is -1.33. The van der Waals surface area contributed by atoms with Crippen molar-refractivity contribution < 1.29 is 9.53 Å². The van der Waals surface area contributed by atoms with E-state index in [1.54, 1.807) is 25.1 Å². The van der Waals surface area contributed by atoms with Crippen LogP contribution in [-0.4, -0.2) is 23.7 Å². The van der Waals surface area contributed by atoms with Gasteiger partial charge in [0.15, 0.2) is 5.11 Å². The largest absolute Gasteiger partial charge is 0.462 e. The fourth-order valence-corrected chi connectivity index (χ4v) is 2.90. The van der Waals surface area contributed by atoms with Crippen molar-refractivity contribution in [3.05, 3.63) is 28.8 Å². The summed E-state index contributed by atoms with van der Waals surface area (Å²) in [5, 5.41) is 7.31. The van der Waals surface area contributed by atoms with Crippen LogP contribution in [0.15, 0.2) is 18.2 Å². The number of esters is 1. The molecule has 0 fully saturated rings. The van der Waals surface area contributed by atoms with E-state index in [4.69, 9.17) is 28.6 Å². The van der Waals surface area contributed by atoms with Crippen LogP contribution in [0.1, 0.15) is 45.0 Å². The first-order chi connectivity index (χ1) is 10.8. The van der Waals surface area contributed by atoms with E-state index in [1.807, 2.05) is 0 Å². The van der Waals surface area contributed by atoms with Gasteiger partial charge in [0, 0.05) is 11.7 Å². The molecule has 1 aromatic rings. The molecule has 0 unspecified atom stereocenters. The first-order valence-corrected chi connectivity index (χ1v) is 8.59. The fourth-order valence-electron chi connectivity index (χ4n) is 2.39. The van der Waals surface area contributed by atoms with Gasteiger partial charge in [0.05, 0.1) is 17.2 Å². The van der Waals surface area contributed by atoms with E-state index in [2.05, 4.69) is 38.3 Å². The molecule has 0 aliphatic rings. The highest BCUT2D eigenvalue weighted by atomic mass is 35.5. The number of thiocarbonyl (C=S) groups is 1. The number of carbonyl (C=O) groups is 1. The molecule has 4 nitrogen and oxygen atoms in total. The molecule has 0 heterocycles. The van der Waals surface area contributed by atoms with E-state index < -0.39 is 5.97 Å². The van der Waals surface area contributed by atoms with Crippen LogP contribution in [0.3, 0.4) is 0 Å². The topological polar surface area (TPSA) is 50.4 Å². The molecule has 0 bridgehead atoms. The van der Waals surface area contributed by atoms with Crippen molar-refractivity contribution in [2.75, 3.05) is 11.9 Å². The molecule has 0 saturated heterocycles. The van der Waals surface area contributed by atoms with E-state index in [0.717, 1.165) is 5.69 Å². The average Bonchev–Trinajstić information content (AvgIpc) is 2.44. The molecule has 0 aliphatic heterocycles. The third-order valence-electron chi connectivity index (χ3n) is 3.46. The molecular formula is C17H25ClN2O2S. The lowest BCUT2D eigenvalue weighted by atomic mass is 9.93. The van der Waals surface area contributed by atoms with E-state index in [0.29, 0.717) is 34.1 Å². The molecule has 2 N–H and O–H groups in total. The van der Waals surface area contributed by atoms with Gasteiger partial charge in [-0.15, -0.1) is 0 Å². The second-order valence-electron chi connectivity index (χ2n) is 6.03. The van der Waals surface area contributed by atoms with Gasteiger partial charge in [-0.05, 0) is 49.2 Å². The Morgan fingerprint density at radius 2 is 1.87 bits per heavy atom. The van der Waals surface area contributed by atoms with Crippen molar-refractivity contribution in [1.29, 1.82) is 0 Å². The molecule has 0 spiro atoms. The van der Waals surface area contributed by atoms with Crippen LogP contribution in [0.25, 0.3) is 0 Å². The Morgan fingerprint density at radius 1 is 1.26 bits per heavy atom. The van der Waals surface area contributed by atoms with Crippen LogP contribution in [0.4, 0.5) is 5.69 Å². The SMILES string of the molecule is CCOC(=O)c1ccc(NC(=S)NC(C(C)C)C(C)C)cc1Cl. The maximum absolute atomic E-state index is 11.7. The molecule has 6 heteroatoms. The summed E-state index contributed by atoms with van der Waals surface area (Å²) >= 11 is 11.5. The minimum absolute atomic E-state index is 0.282. The number of nitrogens with one attached hydrogen (secondary N) is 2. The predicted molar refractivity (Wildman–Crippen MR) is 100 cm³/mol. The Kier molecular flexibility index (Phi) is 7.79. The number of hydrogen-bond acceptors (Lipinski definition) is 3. The molecule has 23 heavy (non-hydrogen) atoms. The Bertz CT molecular complexity index is 554. The van der Waals surface area contributed by atoms with Crippen LogP contribution >= 0.6 is 23.8 Å². The maximum atomic E-state index is 11.7. The highest BCUT2D eigenvalue weighted by molar-refractivity contribution is 7.80. The minimum atomic E-state index is -0.426. The first kappa shape index (κ1) is 19.7. The van der Waals surface area contributed by atoms with Gasteiger partial charge in [-0.2, -0.15) is 0 Å². The summed E-state index contributed by atoms with van der Waals surface area (Å²) < 4.78 is 4.95. The van der Waals surface area contributed by atoms with Crippen LogP contribution in [-0.2, 0) is 4.74 Å². The zero-order chi connectivity index (χ0) is 17.6. The summed E-state index contributed by atoms with van der Waals surface area (Å²) in [4.78, 5) is 11.7. The lowest BCUT2D eigenvalue weighted by Gasteiger charge is -2.27. The number of benzene rings is 1. The van der Waals surface area contributed by atoms with Crippen LogP contribution in [0, 0.1) is 11.8 Å². The Morgan fingerprint density at radius 3 is 2.35 bits per heavy atom. The molecule has 0 aromatic heterocycles. The summed E-state index contributed by atoms with van der Waals surface area (Å²) in [6.45, 7) is 10.7. The van der Waals surface area contributed by atoms with Crippen LogP contribution in [0.5, 0.6) is 0 Å². The summed E-state index contributed by atoms with van der Waals surface area (Å²) in [5.74, 6) is 0.499. The minimum Gasteiger partial charge on any atom is -0.462 e. The summed E-state index contributed by atoms with van der Waals surface area (Å²) in [5.41, 5.74) is 1.08. The molecule has 1 aromatic carbocycles. The second-order valence-corrected chi connectivity index (χ2v) is 6.84. The van der Waals surface area contributed by atoms with Crippen molar-refractivity contribution in [2.24, 2.45) is 11.8 Å². The third kappa shape index (κ3) is 5.99. The zero-order valence-electron chi connectivity index (χ0n) is 14.3. The van der Waals surface area contributed by atoms with E-state index in [9.17, 15) is 4.79 Å². The quantitative estimate of drug-likeness (QED) is 0.581. The highest BCUT2D eigenvalue weighted by Crippen LogP contribution is 2.22. The van der Waals surface area contributed by atoms with Gasteiger partial charge in [0.1, 0.15) is 0 Å². The van der Waals surface area contributed by atoms with Crippen molar-refractivity contribution in [3.63, 3.8) is 0 Å². The van der Waals surface area contributed by atoms with Gasteiger partial charge < -0.3 is 15.4 Å². The molecule has 128 valence electrons. The number of hydrogen-bond donors (Lipinski definition) is 2. The number of carbonyl (C=O) groups excluding carboxylic acids is 1. The summed E-state index contributed by atoms with van der Waals surface area (Å²) in [6, 6.07) is 5.34. The van der Waals surface area contributed by atoms with E-state index in [-0.39, 0.29) is 6.04 Å². The van der Waals surface area contributed by atoms with Crippen LogP contribution in [0.2, 0.25) is 5.02 Å². The van der Waals surface area contributed by atoms with Gasteiger partial charge >= 0.3 is 5.97 Å². The molecule has 1 rings (SSSR count). The van der Waals surface area contributed by atoms with Crippen molar-refractivity contribution >= 4 is 40.6 Å². The van der Waals surface area contributed by atoms with E-state index >= 15 is 0 Å². The Labute approximate surface area is 148 Å². The lowest BCUT2D eigenvalue weighted by molar-refractivity contribution is 0.0526. The van der Waals surface area contributed by atoms with Gasteiger partial charge in [-0.1, -0.05) is 39.3 Å². The van der Waals surface area contributed by atoms with E-state index in [1.165, 1.54) is 0 Å². The number of rotatable bonds is 6. The predicted octanol–water partition coefficient (Wildman–Crippen LogP) is 4.48. The van der Waals surface area contributed by atoms with Crippen molar-refractivity contribution in [3.8, 4) is 0 Å². The smallest absolute Gasteiger partial charge is 0.339 e.